The van der Waals surface area contributed by atoms with Crippen LogP contribution in [0.3, 0.4) is 0 Å². The van der Waals surface area contributed by atoms with E-state index in [0.717, 1.165) is 45.1 Å². The largest absolute Gasteiger partial charge is 0.492 e. The molecule has 110 valence electrons. The lowest BCUT2D eigenvalue weighted by Crippen LogP contribution is -2.44. The van der Waals surface area contributed by atoms with E-state index in [1.54, 1.807) is 0 Å². The minimum absolute atomic E-state index is 0. The van der Waals surface area contributed by atoms with E-state index in [1.165, 1.54) is 11.1 Å². The van der Waals surface area contributed by atoms with Gasteiger partial charge in [-0.1, -0.05) is 12.1 Å². The maximum Gasteiger partial charge on any atom is 0.122 e. The Morgan fingerprint density at radius 2 is 1.84 bits per heavy atom. The van der Waals surface area contributed by atoms with Crippen molar-refractivity contribution in [3.8, 4) is 5.75 Å². The smallest absolute Gasteiger partial charge is 0.122 e. The second-order valence-corrected chi connectivity index (χ2v) is 4.64. The lowest BCUT2D eigenvalue weighted by molar-refractivity contribution is 0.191. The summed E-state index contributed by atoms with van der Waals surface area (Å²) in [4.78, 5) is 2.45. The predicted octanol–water partition coefficient (Wildman–Crippen LogP) is 2.43. The van der Waals surface area contributed by atoms with Gasteiger partial charge in [0, 0.05) is 32.7 Å². The molecule has 1 aromatic rings. The Morgan fingerprint density at radius 1 is 1.16 bits per heavy atom. The van der Waals surface area contributed by atoms with Crippen molar-refractivity contribution in [3.05, 3.63) is 29.3 Å². The Balaban J connectivity index is 0.00000162. The van der Waals surface area contributed by atoms with Gasteiger partial charge in [-0.05, 0) is 31.0 Å². The molecule has 0 bridgehead atoms. The third-order valence-corrected chi connectivity index (χ3v) is 3.43. The van der Waals surface area contributed by atoms with E-state index in [-0.39, 0.29) is 24.8 Å². The topological polar surface area (TPSA) is 24.5 Å². The summed E-state index contributed by atoms with van der Waals surface area (Å²) in [7, 11) is 0. The van der Waals surface area contributed by atoms with Crippen molar-refractivity contribution >= 4 is 24.8 Å². The van der Waals surface area contributed by atoms with Crippen molar-refractivity contribution in [2.75, 3.05) is 39.3 Å². The molecule has 3 nitrogen and oxygen atoms in total. The molecule has 1 aliphatic heterocycles. The fourth-order valence-corrected chi connectivity index (χ4v) is 2.10. The SMILES string of the molecule is Cc1cccc(OCCN2CCNCC2)c1C.Cl.Cl. The molecule has 1 fully saturated rings. The van der Waals surface area contributed by atoms with Gasteiger partial charge in [0.2, 0.25) is 0 Å². The van der Waals surface area contributed by atoms with Gasteiger partial charge in [-0.25, -0.2) is 0 Å². The lowest BCUT2D eigenvalue weighted by atomic mass is 10.1. The van der Waals surface area contributed by atoms with Crippen LogP contribution in [-0.4, -0.2) is 44.2 Å². The average molecular weight is 307 g/mol. The first-order valence-corrected chi connectivity index (χ1v) is 6.39. The summed E-state index contributed by atoms with van der Waals surface area (Å²) in [5, 5.41) is 3.36. The van der Waals surface area contributed by atoms with Crippen molar-refractivity contribution in [2.24, 2.45) is 0 Å². The van der Waals surface area contributed by atoms with Crippen molar-refractivity contribution < 1.29 is 4.74 Å². The molecule has 1 aromatic carbocycles. The molecule has 0 aromatic heterocycles. The number of nitrogens with zero attached hydrogens (tertiary/aromatic N) is 1. The maximum absolute atomic E-state index is 5.86. The monoisotopic (exact) mass is 306 g/mol. The fraction of sp³-hybridized carbons (Fsp3) is 0.571. The van der Waals surface area contributed by atoms with Gasteiger partial charge in [-0.2, -0.15) is 0 Å². The van der Waals surface area contributed by atoms with Crippen LogP contribution in [0.5, 0.6) is 5.75 Å². The van der Waals surface area contributed by atoms with Crippen LogP contribution in [0.1, 0.15) is 11.1 Å². The molecule has 0 unspecified atom stereocenters. The molecule has 0 spiro atoms. The highest BCUT2D eigenvalue weighted by Crippen LogP contribution is 2.20. The number of rotatable bonds is 4. The zero-order valence-corrected chi connectivity index (χ0v) is 13.3. The van der Waals surface area contributed by atoms with Gasteiger partial charge < -0.3 is 10.1 Å². The Kier molecular flexibility index (Phi) is 9.19. The first kappa shape index (κ1) is 18.5. The van der Waals surface area contributed by atoms with Gasteiger partial charge >= 0.3 is 0 Å². The van der Waals surface area contributed by atoms with E-state index in [9.17, 15) is 0 Å². The first-order valence-electron chi connectivity index (χ1n) is 6.39. The summed E-state index contributed by atoms with van der Waals surface area (Å²) in [6, 6.07) is 6.24. The second kappa shape index (κ2) is 9.43. The molecule has 5 heteroatoms. The highest BCUT2D eigenvalue weighted by molar-refractivity contribution is 5.85. The highest BCUT2D eigenvalue weighted by Gasteiger charge is 2.09. The lowest BCUT2D eigenvalue weighted by Gasteiger charge is -2.27. The zero-order chi connectivity index (χ0) is 12.1. The summed E-state index contributed by atoms with van der Waals surface area (Å²) in [5.74, 6) is 1.03. The van der Waals surface area contributed by atoms with Crippen LogP contribution >= 0.6 is 24.8 Å². The number of ether oxygens (including phenoxy) is 1. The van der Waals surface area contributed by atoms with Gasteiger partial charge in [0.05, 0.1) is 0 Å². The maximum atomic E-state index is 5.86. The van der Waals surface area contributed by atoms with E-state index in [0.29, 0.717) is 0 Å². The van der Waals surface area contributed by atoms with Crippen molar-refractivity contribution in [3.63, 3.8) is 0 Å². The number of halogens is 2. The van der Waals surface area contributed by atoms with Crippen LogP contribution in [0.4, 0.5) is 0 Å². The summed E-state index contributed by atoms with van der Waals surface area (Å²) >= 11 is 0. The van der Waals surface area contributed by atoms with Crippen LogP contribution in [0.2, 0.25) is 0 Å². The Labute approximate surface area is 128 Å². The number of hydrogen-bond donors (Lipinski definition) is 1. The van der Waals surface area contributed by atoms with Crippen LogP contribution in [-0.2, 0) is 0 Å². The van der Waals surface area contributed by atoms with Crippen molar-refractivity contribution in [2.45, 2.75) is 13.8 Å². The van der Waals surface area contributed by atoms with Crippen LogP contribution in [0.15, 0.2) is 18.2 Å². The first-order chi connectivity index (χ1) is 8.27. The van der Waals surface area contributed by atoms with Crippen LogP contribution < -0.4 is 10.1 Å². The Hall–Kier alpha value is -0.480. The van der Waals surface area contributed by atoms with Gasteiger partial charge in [-0.3, -0.25) is 4.90 Å². The van der Waals surface area contributed by atoms with Gasteiger partial charge in [0.25, 0.3) is 0 Å². The number of aryl methyl sites for hydroxylation is 1. The Bertz CT molecular complexity index is 368. The van der Waals surface area contributed by atoms with Crippen molar-refractivity contribution in [1.82, 2.24) is 10.2 Å². The standard InChI is InChI=1S/C14H22N2O.2ClH/c1-12-4-3-5-14(13(12)2)17-11-10-16-8-6-15-7-9-16;;/h3-5,15H,6-11H2,1-2H3;2*1H. The molecule has 2 rings (SSSR count). The predicted molar refractivity (Wildman–Crippen MR) is 85.2 cm³/mol. The van der Waals surface area contributed by atoms with E-state index in [4.69, 9.17) is 4.74 Å². The van der Waals surface area contributed by atoms with E-state index >= 15 is 0 Å². The minimum atomic E-state index is 0. The molecule has 1 heterocycles. The molecule has 0 atom stereocenters. The molecule has 1 saturated heterocycles. The number of nitrogens with one attached hydrogen (secondary N) is 1. The second-order valence-electron chi connectivity index (χ2n) is 4.64. The fourth-order valence-electron chi connectivity index (χ4n) is 2.10. The van der Waals surface area contributed by atoms with Gasteiger partial charge in [-0.15, -0.1) is 24.8 Å². The molecule has 0 saturated carbocycles. The molecular formula is C14H24Cl2N2O. The molecule has 0 radical (unpaired) electrons. The van der Waals surface area contributed by atoms with E-state index in [1.807, 2.05) is 0 Å². The number of hydrogen-bond acceptors (Lipinski definition) is 3. The molecule has 1 N–H and O–H groups in total. The molecule has 0 aliphatic carbocycles. The summed E-state index contributed by atoms with van der Waals surface area (Å²) in [6.45, 7) is 10.5. The Morgan fingerprint density at radius 3 is 2.53 bits per heavy atom. The summed E-state index contributed by atoms with van der Waals surface area (Å²) in [6.07, 6.45) is 0. The number of benzene rings is 1. The number of piperazine rings is 1. The summed E-state index contributed by atoms with van der Waals surface area (Å²) in [5.41, 5.74) is 2.55. The highest BCUT2D eigenvalue weighted by atomic mass is 35.5. The zero-order valence-electron chi connectivity index (χ0n) is 11.6. The van der Waals surface area contributed by atoms with Crippen LogP contribution in [0, 0.1) is 13.8 Å². The summed E-state index contributed by atoms with van der Waals surface area (Å²) < 4.78 is 5.86. The quantitative estimate of drug-likeness (QED) is 0.924. The van der Waals surface area contributed by atoms with E-state index < -0.39 is 0 Å². The average Bonchev–Trinajstić information content (AvgIpc) is 2.36. The van der Waals surface area contributed by atoms with E-state index in [2.05, 4.69) is 42.3 Å². The van der Waals surface area contributed by atoms with Gasteiger partial charge in [0.1, 0.15) is 12.4 Å². The third kappa shape index (κ3) is 5.57. The van der Waals surface area contributed by atoms with Crippen LogP contribution in [0.25, 0.3) is 0 Å². The molecule has 0 amide bonds. The normalized spacial score (nSPS) is 15.3. The third-order valence-electron chi connectivity index (χ3n) is 3.43. The molecule has 1 aliphatic rings. The van der Waals surface area contributed by atoms with Gasteiger partial charge in [0.15, 0.2) is 0 Å². The molecule has 19 heavy (non-hydrogen) atoms. The molecular weight excluding hydrogens is 283 g/mol. The van der Waals surface area contributed by atoms with Crippen molar-refractivity contribution in [1.29, 1.82) is 0 Å². The minimum Gasteiger partial charge on any atom is -0.492 e.